The quantitative estimate of drug-likeness (QED) is 0.646. The van der Waals surface area contributed by atoms with Crippen LogP contribution in [0.2, 0.25) is 5.02 Å². The lowest BCUT2D eigenvalue weighted by molar-refractivity contribution is -0.383. The molecule has 0 saturated carbocycles. The number of halogens is 1. The summed E-state index contributed by atoms with van der Waals surface area (Å²) in [7, 11) is 2.11. The molecule has 0 atom stereocenters. The minimum Gasteiger partial charge on any atom is -0.378 e. The minimum absolute atomic E-state index is 0.0424. The highest BCUT2D eigenvalue weighted by molar-refractivity contribution is 6.33. The number of nitrogen functional groups attached to an aromatic ring is 1. The van der Waals surface area contributed by atoms with Crippen LogP contribution in [0.5, 0.6) is 0 Å². The fraction of sp³-hybridized carbons (Fsp3) is 0.667. The number of rotatable bonds is 3. The molecule has 128 valence electrons. The van der Waals surface area contributed by atoms with Crippen LogP contribution in [0.15, 0.2) is 6.20 Å². The number of anilines is 2. The second-order valence-electron chi connectivity index (χ2n) is 7.41. The van der Waals surface area contributed by atoms with Crippen molar-refractivity contribution in [3.8, 4) is 0 Å². The van der Waals surface area contributed by atoms with Gasteiger partial charge in [-0.3, -0.25) is 15.0 Å². The Morgan fingerprint density at radius 2 is 1.91 bits per heavy atom. The molecule has 1 saturated heterocycles. The average Bonchev–Trinajstić information content (AvgIpc) is 2.39. The van der Waals surface area contributed by atoms with Crippen LogP contribution in [0.3, 0.4) is 0 Å². The zero-order valence-electron chi connectivity index (χ0n) is 14.2. The van der Waals surface area contributed by atoms with Crippen LogP contribution in [0.25, 0.3) is 0 Å². The van der Waals surface area contributed by atoms with Gasteiger partial charge in [-0.25, -0.2) is 4.98 Å². The zero-order chi connectivity index (χ0) is 17.6. The van der Waals surface area contributed by atoms with Crippen molar-refractivity contribution in [3.63, 3.8) is 0 Å². The molecule has 1 aliphatic rings. The van der Waals surface area contributed by atoms with Crippen LogP contribution in [0, 0.1) is 10.1 Å². The largest absolute Gasteiger partial charge is 0.378 e. The number of pyridine rings is 1. The van der Waals surface area contributed by atoms with Gasteiger partial charge in [0.05, 0.1) is 16.1 Å². The van der Waals surface area contributed by atoms with E-state index < -0.39 is 4.92 Å². The van der Waals surface area contributed by atoms with Gasteiger partial charge in [0, 0.05) is 17.1 Å². The van der Waals surface area contributed by atoms with Crippen LogP contribution >= 0.6 is 11.6 Å². The highest BCUT2D eigenvalue weighted by Crippen LogP contribution is 2.41. The van der Waals surface area contributed by atoms with Crippen molar-refractivity contribution in [3.05, 3.63) is 21.3 Å². The predicted octanol–water partition coefficient (Wildman–Crippen LogP) is 3.29. The molecule has 0 spiro atoms. The summed E-state index contributed by atoms with van der Waals surface area (Å²) in [5, 5.41) is 14.8. The van der Waals surface area contributed by atoms with E-state index in [1.165, 1.54) is 6.20 Å². The molecule has 1 aliphatic heterocycles. The van der Waals surface area contributed by atoms with Gasteiger partial charge in [-0.1, -0.05) is 11.6 Å². The molecule has 0 unspecified atom stereocenters. The molecule has 23 heavy (non-hydrogen) atoms. The summed E-state index contributed by atoms with van der Waals surface area (Å²) in [5.74, 6) is -0.131. The van der Waals surface area contributed by atoms with Crippen molar-refractivity contribution in [1.82, 2.24) is 9.88 Å². The van der Waals surface area contributed by atoms with Gasteiger partial charge in [0.25, 0.3) is 0 Å². The first-order chi connectivity index (χ1) is 10.5. The average molecular weight is 342 g/mol. The first-order valence-corrected chi connectivity index (χ1v) is 7.92. The monoisotopic (exact) mass is 341 g/mol. The van der Waals surface area contributed by atoms with Gasteiger partial charge in [-0.2, -0.15) is 0 Å². The van der Waals surface area contributed by atoms with Crippen LogP contribution in [0.1, 0.15) is 40.5 Å². The molecule has 0 amide bonds. The smallest absolute Gasteiger partial charge is 0.335 e. The molecule has 1 aromatic rings. The molecule has 0 radical (unpaired) electrons. The highest BCUT2D eigenvalue weighted by atomic mass is 35.5. The summed E-state index contributed by atoms with van der Waals surface area (Å²) in [6.45, 7) is 8.66. The van der Waals surface area contributed by atoms with Crippen LogP contribution in [-0.2, 0) is 0 Å². The van der Waals surface area contributed by atoms with E-state index in [1.807, 2.05) is 0 Å². The Kier molecular flexibility index (Phi) is 4.47. The molecule has 0 aromatic carbocycles. The third-order valence-electron chi connectivity index (χ3n) is 4.87. The summed E-state index contributed by atoms with van der Waals surface area (Å²) in [6, 6.07) is 0.0502. The number of nitrogens with two attached hydrogens (primary N) is 1. The highest BCUT2D eigenvalue weighted by Gasteiger charge is 2.43. The predicted molar refractivity (Wildman–Crippen MR) is 92.9 cm³/mol. The number of nitro groups is 1. The molecular formula is C15H24ClN5O2. The molecule has 2 heterocycles. The van der Waals surface area contributed by atoms with E-state index in [0.29, 0.717) is 0 Å². The van der Waals surface area contributed by atoms with Crippen molar-refractivity contribution in [2.75, 3.05) is 18.1 Å². The maximum Gasteiger partial charge on any atom is 0.335 e. The Bertz CT molecular complexity index is 615. The second kappa shape index (κ2) is 5.79. The van der Waals surface area contributed by atoms with Crippen molar-refractivity contribution in [2.24, 2.45) is 0 Å². The Hall–Kier alpha value is -1.60. The summed E-state index contributed by atoms with van der Waals surface area (Å²) in [5.41, 5.74) is 5.58. The Morgan fingerprint density at radius 1 is 1.39 bits per heavy atom. The van der Waals surface area contributed by atoms with E-state index in [4.69, 9.17) is 17.3 Å². The molecule has 3 N–H and O–H groups in total. The summed E-state index contributed by atoms with van der Waals surface area (Å²) in [4.78, 5) is 16.9. The topological polar surface area (TPSA) is 97.3 Å². The molecule has 1 fully saturated rings. The van der Waals surface area contributed by atoms with Crippen LogP contribution in [-0.4, -0.2) is 39.0 Å². The molecule has 0 aliphatic carbocycles. The maximum atomic E-state index is 11.3. The van der Waals surface area contributed by atoms with E-state index in [-0.39, 0.29) is 39.3 Å². The van der Waals surface area contributed by atoms with E-state index in [9.17, 15) is 10.1 Å². The van der Waals surface area contributed by atoms with Gasteiger partial charge in [-0.05, 0) is 47.6 Å². The molecular weight excluding hydrogens is 318 g/mol. The molecule has 7 nitrogen and oxygen atoms in total. The summed E-state index contributed by atoms with van der Waals surface area (Å²) < 4.78 is 0. The zero-order valence-corrected chi connectivity index (χ0v) is 14.9. The van der Waals surface area contributed by atoms with E-state index in [0.717, 1.165) is 12.8 Å². The van der Waals surface area contributed by atoms with Crippen molar-refractivity contribution in [1.29, 1.82) is 0 Å². The van der Waals surface area contributed by atoms with Crippen molar-refractivity contribution < 1.29 is 4.92 Å². The number of piperidine rings is 1. The number of nitrogens with one attached hydrogen (secondary N) is 1. The number of nitrogens with zero attached hydrogens (tertiary/aromatic N) is 3. The standard InChI is InChI=1S/C15H24ClN5O2/c1-14(2)6-9(7-15(3,4)20(14)5)19-11-10(16)8-18-13(17)12(11)21(22)23/h8-9H,6-7H2,1-5H3,(H3,17,18,19). The Labute approximate surface area is 141 Å². The van der Waals surface area contributed by atoms with Crippen LogP contribution in [0.4, 0.5) is 17.2 Å². The number of aromatic nitrogens is 1. The van der Waals surface area contributed by atoms with E-state index in [2.05, 4.69) is 49.9 Å². The Morgan fingerprint density at radius 3 is 2.39 bits per heavy atom. The first-order valence-electron chi connectivity index (χ1n) is 7.54. The fourth-order valence-corrected chi connectivity index (χ4v) is 3.69. The molecule has 2 rings (SSSR count). The fourth-order valence-electron chi connectivity index (χ4n) is 3.49. The second-order valence-corrected chi connectivity index (χ2v) is 7.81. The lowest BCUT2D eigenvalue weighted by atomic mass is 9.77. The molecule has 1 aromatic heterocycles. The van der Waals surface area contributed by atoms with Crippen molar-refractivity contribution in [2.45, 2.75) is 57.7 Å². The lowest BCUT2D eigenvalue weighted by Crippen LogP contribution is -2.61. The number of hydrogen-bond acceptors (Lipinski definition) is 6. The Balaban J connectivity index is 2.37. The molecule has 8 heteroatoms. The summed E-state index contributed by atoms with van der Waals surface area (Å²) in [6.07, 6.45) is 3.02. The maximum absolute atomic E-state index is 11.3. The normalized spacial score (nSPS) is 21.1. The van der Waals surface area contributed by atoms with Gasteiger partial charge in [-0.15, -0.1) is 0 Å². The lowest BCUT2D eigenvalue weighted by Gasteiger charge is -2.53. The van der Waals surface area contributed by atoms with E-state index in [1.54, 1.807) is 0 Å². The van der Waals surface area contributed by atoms with E-state index >= 15 is 0 Å². The van der Waals surface area contributed by atoms with Crippen LogP contribution < -0.4 is 11.1 Å². The van der Waals surface area contributed by atoms with Gasteiger partial charge in [0.1, 0.15) is 5.69 Å². The van der Waals surface area contributed by atoms with Gasteiger partial charge in [0.2, 0.25) is 5.82 Å². The molecule has 0 bridgehead atoms. The first kappa shape index (κ1) is 17.7. The van der Waals surface area contributed by atoms with Crippen molar-refractivity contribution >= 4 is 28.8 Å². The van der Waals surface area contributed by atoms with Gasteiger partial charge >= 0.3 is 5.69 Å². The third kappa shape index (κ3) is 3.35. The minimum atomic E-state index is -0.540. The summed E-state index contributed by atoms with van der Waals surface area (Å²) >= 11 is 6.14. The number of hydrogen-bond donors (Lipinski definition) is 2. The SMILES string of the molecule is CN1C(C)(C)CC(Nc2c(Cl)cnc(N)c2[N+](=O)[O-])CC1(C)C. The van der Waals surface area contributed by atoms with Gasteiger partial charge in [0.15, 0.2) is 0 Å². The van der Waals surface area contributed by atoms with Gasteiger partial charge < -0.3 is 11.1 Å². The number of likely N-dealkylation sites (tertiary alicyclic amines) is 1. The third-order valence-corrected chi connectivity index (χ3v) is 5.16.